The summed E-state index contributed by atoms with van der Waals surface area (Å²) in [5.41, 5.74) is 2.42. The number of aryl methyl sites for hydroxylation is 2. The van der Waals surface area contributed by atoms with Gasteiger partial charge in [0.1, 0.15) is 5.75 Å². The molecule has 3 rings (SSSR count). The minimum Gasteiger partial charge on any atom is -0.481 e. The van der Waals surface area contributed by atoms with Crippen LogP contribution in [0, 0.1) is 13.8 Å². The Labute approximate surface area is 176 Å². The van der Waals surface area contributed by atoms with Crippen molar-refractivity contribution in [3.05, 3.63) is 29.3 Å². The molecular weight excluding hydrogens is 362 g/mol. The van der Waals surface area contributed by atoms with Crippen molar-refractivity contribution in [2.45, 2.75) is 71.4 Å². The molecule has 1 atom stereocenters. The first-order chi connectivity index (χ1) is 13.9. The maximum absolute atomic E-state index is 12.8. The first-order valence-electron chi connectivity index (χ1n) is 11.4. The van der Waals surface area contributed by atoms with Crippen LogP contribution in [-0.4, -0.2) is 66.6 Å². The summed E-state index contributed by atoms with van der Waals surface area (Å²) in [6.07, 6.45) is 5.72. The number of nitrogens with one attached hydrogen (secondary N) is 1. The third-order valence-corrected chi connectivity index (χ3v) is 6.74. The SMILES string of the molecule is CCN1CCN(C2(CNC(=O)[C@@H](C)Oc3cc(C)cc(C)c3)CCCCC2)CC1. The van der Waals surface area contributed by atoms with Gasteiger partial charge in [0, 0.05) is 38.3 Å². The molecule has 5 heteroatoms. The maximum atomic E-state index is 12.8. The van der Waals surface area contributed by atoms with Crippen LogP contribution in [0.2, 0.25) is 0 Å². The van der Waals surface area contributed by atoms with Crippen LogP contribution in [0.1, 0.15) is 57.1 Å². The third kappa shape index (κ3) is 5.73. The van der Waals surface area contributed by atoms with Crippen LogP contribution in [0.25, 0.3) is 0 Å². The van der Waals surface area contributed by atoms with Gasteiger partial charge in [-0.15, -0.1) is 0 Å². The summed E-state index contributed by atoms with van der Waals surface area (Å²) in [6.45, 7) is 14.5. The van der Waals surface area contributed by atoms with Gasteiger partial charge >= 0.3 is 0 Å². The Morgan fingerprint density at radius 1 is 1.07 bits per heavy atom. The second kappa shape index (κ2) is 9.94. The number of benzene rings is 1. The first kappa shape index (κ1) is 22.1. The largest absolute Gasteiger partial charge is 0.481 e. The summed E-state index contributed by atoms with van der Waals surface area (Å²) in [5, 5.41) is 3.25. The van der Waals surface area contributed by atoms with Gasteiger partial charge in [0.2, 0.25) is 0 Å². The van der Waals surface area contributed by atoms with Crippen molar-refractivity contribution in [1.82, 2.24) is 15.1 Å². The number of hydrogen-bond acceptors (Lipinski definition) is 4. The topological polar surface area (TPSA) is 44.8 Å². The molecule has 2 aliphatic rings. The molecule has 1 aliphatic heterocycles. The quantitative estimate of drug-likeness (QED) is 0.759. The highest BCUT2D eigenvalue weighted by atomic mass is 16.5. The molecule has 29 heavy (non-hydrogen) atoms. The Balaban J connectivity index is 1.59. The van der Waals surface area contributed by atoms with E-state index in [2.05, 4.69) is 42.0 Å². The summed E-state index contributed by atoms with van der Waals surface area (Å²) in [7, 11) is 0. The van der Waals surface area contributed by atoms with E-state index < -0.39 is 6.10 Å². The van der Waals surface area contributed by atoms with E-state index in [1.54, 1.807) is 0 Å². The fraction of sp³-hybridized carbons (Fsp3) is 0.708. The minimum atomic E-state index is -0.492. The highest BCUT2D eigenvalue weighted by molar-refractivity contribution is 5.80. The molecule has 1 heterocycles. The average Bonchev–Trinajstić information content (AvgIpc) is 2.72. The summed E-state index contributed by atoms with van der Waals surface area (Å²) < 4.78 is 5.95. The Morgan fingerprint density at radius 2 is 1.69 bits per heavy atom. The predicted molar refractivity (Wildman–Crippen MR) is 119 cm³/mol. The summed E-state index contributed by atoms with van der Waals surface area (Å²) >= 11 is 0. The Bertz CT molecular complexity index is 656. The van der Waals surface area contributed by atoms with Gasteiger partial charge in [-0.1, -0.05) is 32.3 Å². The number of ether oxygens (including phenoxy) is 1. The molecule has 1 aromatic rings. The van der Waals surface area contributed by atoms with E-state index in [0.717, 1.165) is 56.1 Å². The van der Waals surface area contributed by atoms with Gasteiger partial charge in [-0.3, -0.25) is 9.69 Å². The zero-order chi connectivity index (χ0) is 20.9. The molecule has 1 saturated carbocycles. The number of nitrogens with zero attached hydrogens (tertiary/aromatic N) is 2. The molecule has 2 fully saturated rings. The summed E-state index contributed by atoms with van der Waals surface area (Å²) in [4.78, 5) is 18.0. The standard InChI is InChI=1S/C24H39N3O2/c1-5-26-11-13-27(14-12-26)24(9-7-6-8-10-24)18-25-23(28)21(4)29-22-16-19(2)15-20(3)17-22/h15-17,21H,5-14,18H2,1-4H3,(H,25,28)/t21-/m1/s1. The smallest absolute Gasteiger partial charge is 0.260 e. The zero-order valence-corrected chi connectivity index (χ0v) is 18.8. The minimum absolute atomic E-state index is 0.0127. The molecular formula is C24H39N3O2. The van der Waals surface area contributed by atoms with E-state index in [0.29, 0.717) is 0 Å². The van der Waals surface area contributed by atoms with Crippen molar-refractivity contribution in [3.8, 4) is 5.75 Å². The molecule has 0 bridgehead atoms. The Morgan fingerprint density at radius 3 is 2.28 bits per heavy atom. The lowest BCUT2D eigenvalue weighted by atomic mass is 9.79. The van der Waals surface area contributed by atoms with E-state index in [1.165, 1.54) is 32.1 Å². The van der Waals surface area contributed by atoms with Crippen LogP contribution < -0.4 is 10.1 Å². The number of piperazine rings is 1. The lowest BCUT2D eigenvalue weighted by Gasteiger charge is -2.50. The zero-order valence-electron chi connectivity index (χ0n) is 18.8. The van der Waals surface area contributed by atoms with Gasteiger partial charge in [0.25, 0.3) is 5.91 Å². The fourth-order valence-corrected chi connectivity index (χ4v) is 5.01. The molecule has 0 spiro atoms. The number of rotatable bonds is 7. The molecule has 0 unspecified atom stereocenters. The number of hydrogen-bond donors (Lipinski definition) is 1. The molecule has 1 aliphatic carbocycles. The van der Waals surface area contributed by atoms with E-state index >= 15 is 0 Å². The third-order valence-electron chi connectivity index (χ3n) is 6.74. The summed E-state index contributed by atoms with van der Waals surface area (Å²) in [5.74, 6) is 0.759. The highest BCUT2D eigenvalue weighted by Gasteiger charge is 2.39. The van der Waals surface area contributed by atoms with E-state index in [-0.39, 0.29) is 11.4 Å². The van der Waals surface area contributed by atoms with Crippen LogP contribution in [0.5, 0.6) is 5.75 Å². The Hall–Kier alpha value is -1.59. The van der Waals surface area contributed by atoms with Crippen molar-refractivity contribution in [2.75, 3.05) is 39.3 Å². The molecule has 1 N–H and O–H groups in total. The molecule has 0 aromatic heterocycles. The molecule has 0 radical (unpaired) electrons. The lowest BCUT2D eigenvalue weighted by Crippen LogP contribution is -2.62. The first-order valence-corrected chi connectivity index (χ1v) is 11.4. The molecule has 1 amide bonds. The van der Waals surface area contributed by atoms with Gasteiger partial charge in [-0.25, -0.2) is 0 Å². The van der Waals surface area contributed by atoms with Gasteiger partial charge in [0.05, 0.1) is 0 Å². The van der Waals surface area contributed by atoms with Gasteiger partial charge < -0.3 is 15.0 Å². The van der Waals surface area contributed by atoms with Crippen molar-refractivity contribution in [3.63, 3.8) is 0 Å². The number of carbonyl (C=O) groups excluding carboxylic acids is 1. The maximum Gasteiger partial charge on any atom is 0.260 e. The van der Waals surface area contributed by atoms with Crippen LogP contribution in [0.4, 0.5) is 0 Å². The monoisotopic (exact) mass is 401 g/mol. The average molecular weight is 402 g/mol. The lowest BCUT2D eigenvalue weighted by molar-refractivity contribution is -0.128. The van der Waals surface area contributed by atoms with Crippen LogP contribution in [-0.2, 0) is 4.79 Å². The van der Waals surface area contributed by atoms with Crippen LogP contribution >= 0.6 is 0 Å². The van der Waals surface area contributed by atoms with Crippen molar-refractivity contribution < 1.29 is 9.53 Å². The van der Waals surface area contributed by atoms with Crippen molar-refractivity contribution >= 4 is 5.91 Å². The van der Waals surface area contributed by atoms with Gasteiger partial charge in [0.15, 0.2) is 6.10 Å². The molecule has 5 nitrogen and oxygen atoms in total. The van der Waals surface area contributed by atoms with E-state index in [9.17, 15) is 4.79 Å². The Kier molecular flexibility index (Phi) is 7.58. The predicted octanol–water partition coefficient (Wildman–Crippen LogP) is 3.53. The van der Waals surface area contributed by atoms with Crippen molar-refractivity contribution in [1.29, 1.82) is 0 Å². The number of likely N-dealkylation sites (N-methyl/N-ethyl adjacent to an activating group) is 1. The fourth-order valence-electron chi connectivity index (χ4n) is 5.01. The highest BCUT2D eigenvalue weighted by Crippen LogP contribution is 2.34. The summed E-state index contributed by atoms with van der Waals surface area (Å²) in [6, 6.07) is 6.10. The van der Waals surface area contributed by atoms with E-state index in [4.69, 9.17) is 4.74 Å². The normalized spacial score (nSPS) is 21.5. The van der Waals surface area contributed by atoms with Crippen LogP contribution in [0.3, 0.4) is 0 Å². The van der Waals surface area contributed by atoms with E-state index in [1.807, 2.05) is 19.1 Å². The number of amides is 1. The molecule has 162 valence electrons. The van der Waals surface area contributed by atoms with Gasteiger partial charge in [-0.2, -0.15) is 0 Å². The second-order valence-electron chi connectivity index (χ2n) is 9.01. The number of carbonyl (C=O) groups is 1. The van der Waals surface area contributed by atoms with Crippen LogP contribution in [0.15, 0.2) is 18.2 Å². The second-order valence-corrected chi connectivity index (χ2v) is 9.01. The van der Waals surface area contributed by atoms with Crippen molar-refractivity contribution in [2.24, 2.45) is 0 Å². The molecule has 1 aromatic carbocycles. The molecule has 1 saturated heterocycles. The van der Waals surface area contributed by atoms with Gasteiger partial charge in [-0.05, 0) is 63.4 Å².